The summed E-state index contributed by atoms with van der Waals surface area (Å²) >= 11 is -0.00463. The molecule has 0 aliphatic heterocycles. The van der Waals surface area contributed by atoms with Gasteiger partial charge in [-0.2, -0.15) is 0 Å². The van der Waals surface area contributed by atoms with E-state index < -0.39 is 5.97 Å². The third kappa shape index (κ3) is 1.85. The fourth-order valence-corrected chi connectivity index (χ4v) is 2.29. The first kappa shape index (κ1) is 8.37. The Morgan fingerprint density at radius 3 is 2.45 bits per heavy atom. The molecule has 0 aliphatic rings. The topological polar surface area (TPSA) is 40.5 Å². The Bertz CT molecular complexity index is 267. The van der Waals surface area contributed by atoms with Crippen molar-refractivity contribution in [3.8, 4) is 0 Å². The molecule has 0 amide bonds. The third-order valence-corrected chi connectivity index (χ3v) is 3.85. The van der Waals surface area contributed by atoms with Gasteiger partial charge in [-0.25, -0.2) is 0 Å². The zero-order valence-electron chi connectivity index (χ0n) is 6.37. The zero-order valence-corrected chi connectivity index (χ0v) is 8.08. The van der Waals surface area contributed by atoms with E-state index in [9.17, 15) is 4.79 Å². The summed E-state index contributed by atoms with van der Waals surface area (Å²) in [6, 6.07) is 3.54. The van der Waals surface area contributed by atoms with Gasteiger partial charge in [0, 0.05) is 0 Å². The van der Waals surface area contributed by atoms with Crippen LogP contribution in [0.25, 0.3) is 0 Å². The Balaban J connectivity index is 2.90. The minimum absolute atomic E-state index is 0.00463. The van der Waals surface area contributed by atoms with Crippen LogP contribution in [0.4, 0.5) is 4.56 Å². The molecule has 0 unspecified atom stereocenters. The van der Waals surface area contributed by atoms with Crippen LogP contribution in [0.5, 0.6) is 0 Å². The third-order valence-electron chi connectivity index (χ3n) is 1.24. The zero-order chi connectivity index (χ0) is 8.43. The van der Waals surface area contributed by atoms with Crippen molar-refractivity contribution in [1.82, 2.24) is 0 Å². The van der Waals surface area contributed by atoms with E-state index >= 15 is 0 Å². The van der Waals surface area contributed by atoms with Crippen LogP contribution in [-0.2, 0) is 0 Å². The van der Waals surface area contributed by atoms with Gasteiger partial charge in [-0.05, 0) is 0 Å². The SMILES string of the molecule is CN(C)c1ccc(C(=O)O)[se]1. The first-order valence-electron chi connectivity index (χ1n) is 3.11. The average molecular weight is 218 g/mol. The molecule has 1 heterocycles. The summed E-state index contributed by atoms with van der Waals surface area (Å²) in [5, 5.41) is 8.61. The standard InChI is InChI=1S/C7H9NO2Se/c1-8(2)6-4-3-5(11-6)7(9)10/h3-4H,1-2H3,(H,9,10). The predicted octanol–water partition coefficient (Wildman–Crippen LogP) is 0.508. The summed E-state index contributed by atoms with van der Waals surface area (Å²) < 4.78 is 1.64. The minimum atomic E-state index is -0.793. The van der Waals surface area contributed by atoms with E-state index in [4.69, 9.17) is 5.11 Å². The van der Waals surface area contributed by atoms with Crippen molar-refractivity contribution in [3.05, 3.63) is 16.6 Å². The van der Waals surface area contributed by atoms with Crippen molar-refractivity contribution in [2.45, 2.75) is 0 Å². The molecule has 0 saturated carbocycles. The Labute approximate surface area is 71.0 Å². The van der Waals surface area contributed by atoms with Gasteiger partial charge in [-0.3, -0.25) is 0 Å². The fraction of sp³-hybridized carbons (Fsp3) is 0.286. The number of carboxylic acid groups (broad SMARTS) is 1. The number of hydrogen-bond donors (Lipinski definition) is 1. The van der Waals surface area contributed by atoms with Crippen molar-refractivity contribution < 1.29 is 9.90 Å². The van der Waals surface area contributed by atoms with E-state index in [0.717, 1.165) is 4.56 Å². The number of carboxylic acids is 1. The second kappa shape index (κ2) is 3.11. The summed E-state index contributed by atoms with van der Waals surface area (Å²) in [4.78, 5) is 12.4. The first-order valence-corrected chi connectivity index (χ1v) is 4.83. The quantitative estimate of drug-likeness (QED) is 0.735. The molecule has 11 heavy (non-hydrogen) atoms. The molecule has 0 fully saturated rings. The maximum absolute atomic E-state index is 10.5. The summed E-state index contributed by atoms with van der Waals surface area (Å²) in [6.45, 7) is 0. The van der Waals surface area contributed by atoms with E-state index in [-0.39, 0.29) is 14.5 Å². The van der Waals surface area contributed by atoms with Gasteiger partial charge in [-0.1, -0.05) is 0 Å². The molecule has 1 aromatic heterocycles. The number of carbonyl (C=O) groups is 1. The molecule has 0 radical (unpaired) electrons. The number of hydrogen-bond acceptors (Lipinski definition) is 2. The summed E-state index contributed by atoms with van der Waals surface area (Å²) in [7, 11) is 3.85. The van der Waals surface area contributed by atoms with E-state index in [1.807, 2.05) is 25.1 Å². The number of nitrogens with zero attached hydrogens (tertiary/aromatic N) is 1. The van der Waals surface area contributed by atoms with Crippen LogP contribution in [0, 0.1) is 0 Å². The van der Waals surface area contributed by atoms with Gasteiger partial charge in [0.2, 0.25) is 0 Å². The van der Waals surface area contributed by atoms with Crippen LogP contribution in [0.1, 0.15) is 9.23 Å². The van der Waals surface area contributed by atoms with Crippen LogP contribution in [0.2, 0.25) is 0 Å². The second-order valence-corrected chi connectivity index (χ2v) is 4.57. The summed E-state index contributed by atoms with van der Waals surface area (Å²) in [5.41, 5.74) is 0. The molecule has 1 aromatic rings. The molecule has 0 saturated heterocycles. The van der Waals surface area contributed by atoms with E-state index in [1.54, 1.807) is 6.07 Å². The summed E-state index contributed by atoms with van der Waals surface area (Å²) in [6.07, 6.45) is 0. The first-order chi connectivity index (χ1) is 5.11. The Hall–Kier alpha value is -0.731. The molecule has 0 atom stereocenters. The van der Waals surface area contributed by atoms with Gasteiger partial charge in [0.25, 0.3) is 0 Å². The Morgan fingerprint density at radius 2 is 2.18 bits per heavy atom. The number of aromatic carboxylic acids is 1. The predicted molar refractivity (Wildman–Crippen MR) is 44.7 cm³/mol. The van der Waals surface area contributed by atoms with Crippen molar-refractivity contribution in [1.29, 1.82) is 0 Å². The number of anilines is 1. The van der Waals surface area contributed by atoms with Gasteiger partial charge in [0.05, 0.1) is 0 Å². The van der Waals surface area contributed by atoms with Gasteiger partial charge >= 0.3 is 70.5 Å². The maximum atomic E-state index is 10.5. The van der Waals surface area contributed by atoms with Crippen molar-refractivity contribution >= 4 is 25.0 Å². The molecular weight excluding hydrogens is 209 g/mol. The molecule has 0 spiro atoms. The van der Waals surface area contributed by atoms with Gasteiger partial charge in [-0.15, -0.1) is 0 Å². The van der Waals surface area contributed by atoms with Crippen molar-refractivity contribution in [2.24, 2.45) is 0 Å². The number of rotatable bonds is 2. The Morgan fingerprint density at radius 1 is 1.55 bits per heavy atom. The molecule has 1 N–H and O–H groups in total. The molecule has 60 valence electrons. The van der Waals surface area contributed by atoms with Gasteiger partial charge in [0.1, 0.15) is 0 Å². The molecule has 0 aliphatic carbocycles. The van der Waals surface area contributed by atoms with E-state index in [2.05, 4.69) is 0 Å². The molecular formula is C7H9NO2Se. The van der Waals surface area contributed by atoms with Crippen LogP contribution >= 0.6 is 0 Å². The average Bonchev–Trinajstić information content (AvgIpc) is 2.33. The van der Waals surface area contributed by atoms with E-state index in [1.165, 1.54) is 0 Å². The van der Waals surface area contributed by atoms with Gasteiger partial charge in [0.15, 0.2) is 0 Å². The summed E-state index contributed by atoms with van der Waals surface area (Å²) in [5.74, 6) is -0.793. The second-order valence-electron chi connectivity index (χ2n) is 2.34. The molecule has 3 nitrogen and oxygen atoms in total. The van der Waals surface area contributed by atoms with Crippen LogP contribution < -0.4 is 4.90 Å². The van der Waals surface area contributed by atoms with Crippen LogP contribution in [0.15, 0.2) is 12.1 Å². The molecule has 4 heteroatoms. The monoisotopic (exact) mass is 219 g/mol. The normalized spacial score (nSPS) is 9.64. The van der Waals surface area contributed by atoms with Crippen molar-refractivity contribution in [2.75, 3.05) is 19.0 Å². The van der Waals surface area contributed by atoms with E-state index in [0.29, 0.717) is 4.44 Å². The molecule has 1 rings (SSSR count). The molecule has 0 bridgehead atoms. The van der Waals surface area contributed by atoms with Crippen LogP contribution in [0.3, 0.4) is 0 Å². The fourth-order valence-electron chi connectivity index (χ4n) is 0.683. The molecule has 0 aromatic carbocycles. The van der Waals surface area contributed by atoms with Gasteiger partial charge < -0.3 is 0 Å². The van der Waals surface area contributed by atoms with Crippen molar-refractivity contribution in [3.63, 3.8) is 0 Å². The Kier molecular flexibility index (Phi) is 2.37. The van der Waals surface area contributed by atoms with Crippen LogP contribution in [-0.4, -0.2) is 39.7 Å².